The Morgan fingerprint density at radius 1 is 1.31 bits per heavy atom. The Bertz CT molecular complexity index is 1230. The number of anilines is 2. The summed E-state index contributed by atoms with van der Waals surface area (Å²) in [6, 6.07) is 2.48. The lowest BCUT2D eigenvalue weighted by Crippen LogP contribution is -2.40. The predicted octanol–water partition coefficient (Wildman–Crippen LogP) is 5.27. The fourth-order valence-electron chi connectivity index (χ4n) is 4.25. The number of halogens is 5. The molecule has 1 saturated heterocycles. The number of likely N-dealkylation sites (tertiary alicyclic amines) is 1. The zero-order chi connectivity index (χ0) is 25.3. The Kier molecular flexibility index (Phi) is 6.79. The van der Waals surface area contributed by atoms with Crippen LogP contribution < -0.4 is 10.6 Å². The Morgan fingerprint density at radius 2 is 2.09 bits per heavy atom. The molecule has 188 valence electrons. The topological polar surface area (TPSA) is 95.2 Å². The summed E-state index contributed by atoms with van der Waals surface area (Å²) in [4.78, 5) is 24.3. The van der Waals surface area contributed by atoms with Crippen LogP contribution >= 0.6 is 0 Å². The number of ether oxygens (including phenoxy) is 1. The van der Waals surface area contributed by atoms with Crippen LogP contribution in [0.4, 0.5) is 38.4 Å². The second-order valence-electron chi connectivity index (χ2n) is 8.27. The number of hydrogen-bond donors (Lipinski definition) is 3. The molecular formula is C22H23F5N6O2. The molecule has 13 heteroatoms. The predicted molar refractivity (Wildman–Crippen MR) is 119 cm³/mol. The molecule has 8 nitrogen and oxygen atoms in total. The first-order chi connectivity index (χ1) is 16.6. The van der Waals surface area contributed by atoms with Gasteiger partial charge in [0, 0.05) is 35.9 Å². The van der Waals surface area contributed by atoms with Crippen molar-refractivity contribution in [3.05, 3.63) is 35.7 Å². The molecule has 0 bridgehead atoms. The van der Waals surface area contributed by atoms with Gasteiger partial charge in [-0.25, -0.2) is 23.5 Å². The quantitative estimate of drug-likeness (QED) is 0.415. The van der Waals surface area contributed by atoms with Gasteiger partial charge >= 0.3 is 12.3 Å². The molecular weight excluding hydrogens is 475 g/mol. The molecule has 2 aromatic heterocycles. The number of nitrogens with zero attached hydrogens (tertiary/aromatic N) is 3. The average Bonchev–Trinajstić information content (AvgIpc) is 3.21. The van der Waals surface area contributed by atoms with Gasteiger partial charge in [0.1, 0.15) is 5.56 Å². The highest BCUT2D eigenvalue weighted by molar-refractivity contribution is 6.01. The van der Waals surface area contributed by atoms with E-state index < -0.39 is 35.5 Å². The van der Waals surface area contributed by atoms with Gasteiger partial charge in [0.05, 0.1) is 29.6 Å². The van der Waals surface area contributed by atoms with Crippen molar-refractivity contribution in [2.75, 3.05) is 37.9 Å². The Morgan fingerprint density at radius 3 is 2.74 bits per heavy atom. The maximum atomic E-state index is 13.9. The van der Waals surface area contributed by atoms with E-state index in [1.54, 1.807) is 0 Å². The molecule has 1 aliphatic heterocycles. The molecule has 1 aromatic carbocycles. The van der Waals surface area contributed by atoms with Crippen LogP contribution in [0.2, 0.25) is 0 Å². The fourth-order valence-corrected chi connectivity index (χ4v) is 4.25. The van der Waals surface area contributed by atoms with Gasteiger partial charge in [-0.2, -0.15) is 13.2 Å². The molecule has 4 rings (SSSR count). The van der Waals surface area contributed by atoms with Gasteiger partial charge in [0.2, 0.25) is 5.95 Å². The van der Waals surface area contributed by atoms with E-state index >= 15 is 0 Å². The van der Waals surface area contributed by atoms with E-state index in [9.17, 15) is 26.7 Å². The molecule has 0 radical (unpaired) electrons. The van der Waals surface area contributed by atoms with Crippen LogP contribution in [0.3, 0.4) is 0 Å². The zero-order valence-electron chi connectivity index (χ0n) is 18.8. The van der Waals surface area contributed by atoms with Crippen molar-refractivity contribution in [3.8, 4) is 11.3 Å². The van der Waals surface area contributed by atoms with Gasteiger partial charge in [0.15, 0.2) is 0 Å². The molecule has 1 atom stereocenters. The number of aromatic amines is 1. The fraction of sp³-hybridized carbons (Fsp3) is 0.409. The van der Waals surface area contributed by atoms with E-state index in [4.69, 9.17) is 0 Å². The van der Waals surface area contributed by atoms with Crippen molar-refractivity contribution in [3.63, 3.8) is 0 Å². The van der Waals surface area contributed by atoms with E-state index in [0.717, 1.165) is 26.5 Å². The monoisotopic (exact) mass is 498 g/mol. The van der Waals surface area contributed by atoms with Crippen LogP contribution in [0, 0.1) is 0 Å². The number of methoxy groups -OCH3 is 1. The van der Waals surface area contributed by atoms with Gasteiger partial charge < -0.3 is 19.9 Å². The van der Waals surface area contributed by atoms with Crippen LogP contribution in [0.25, 0.3) is 22.2 Å². The molecule has 3 heterocycles. The van der Waals surface area contributed by atoms with Crippen LogP contribution in [0.15, 0.2) is 24.5 Å². The third-order valence-electron chi connectivity index (χ3n) is 5.84. The highest BCUT2D eigenvalue weighted by Gasteiger charge is 2.36. The third kappa shape index (κ3) is 5.14. The average molecular weight is 498 g/mol. The number of carbonyl (C=O) groups is 1. The zero-order valence-corrected chi connectivity index (χ0v) is 18.8. The minimum absolute atomic E-state index is 0.0145. The molecule has 3 aromatic rings. The highest BCUT2D eigenvalue weighted by Crippen LogP contribution is 2.42. The van der Waals surface area contributed by atoms with Crippen LogP contribution in [0.1, 0.15) is 30.4 Å². The van der Waals surface area contributed by atoms with Gasteiger partial charge in [0.25, 0.3) is 6.43 Å². The number of fused-ring (bicyclic) bond motifs is 1. The first-order valence-electron chi connectivity index (χ1n) is 10.7. The third-order valence-corrected chi connectivity index (χ3v) is 5.84. The van der Waals surface area contributed by atoms with Crippen LogP contribution in [-0.2, 0) is 10.9 Å². The lowest BCUT2D eigenvalue weighted by Gasteiger charge is -2.30. The maximum absolute atomic E-state index is 13.9. The molecule has 0 aliphatic carbocycles. The van der Waals surface area contributed by atoms with E-state index in [1.807, 2.05) is 7.05 Å². The first kappa shape index (κ1) is 24.6. The Hall–Kier alpha value is -3.48. The number of hydrogen-bond acceptors (Lipinski definition) is 6. The molecule has 35 heavy (non-hydrogen) atoms. The molecule has 0 spiro atoms. The van der Waals surface area contributed by atoms with Crippen molar-refractivity contribution in [2.24, 2.45) is 0 Å². The second kappa shape index (κ2) is 9.64. The molecule has 1 fully saturated rings. The van der Waals surface area contributed by atoms with E-state index in [1.165, 1.54) is 18.3 Å². The van der Waals surface area contributed by atoms with E-state index in [0.29, 0.717) is 12.7 Å². The maximum Gasteiger partial charge on any atom is 0.419 e. The smallest absolute Gasteiger partial charge is 0.419 e. The van der Waals surface area contributed by atoms with Crippen molar-refractivity contribution < 1.29 is 31.5 Å². The lowest BCUT2D eigenvalue weighted by molar-refractivity contribution is -0.137. The number of aromatic nitrogens is 3. The number of piperidine rings is 1. The number of benzene rings is 1. The largest absolute Gasteiger partial charge is 0.453 e. The summed E-state index contributed by atoms with van der Waals surface area (Å²) in [7, 11) is 3.02. The molecule has 0 saturated carbocycles. The van der Waals surface area contributed by atoms with Crippen molar-refractivity contribution in [1.29, 1.82) is 0 Å². The van der Waals surface area contributed by atoms with Crippen LogP contribution in [0.5, 0.6) is 0 Å². The summed E-state index contributed by atoms with van der Waals surface area (Å²) in [5.41, 5.74) is -2.50. The summed E-state index contributed by atoms with van der Waals surface area (Å²) >= 11 is 0. The standard InChI is InChI=1S/C22H23F5N6O2/c1-33-7-3-4-11(10-33)30-20-29-9-14(22(25,26)27)17(32-20)13-8-28-18-12(13)5-6-15(16(18)19(23)24)31-21(34)35-2/h5-6,8-9,11,19,28H,3-4,7,10H2,1-2H3,(H,31,34)(H,29,30,32)/t11-/m0/s1. The minimum atomic E-state index is -4.78. The molecule has 3 N–H and O–H groups in total. The summed E-state index contributed by atoms with van der Waals surface area (Å²) in [5.74, 6) is 0.0145. The number of carbonyl (C=O) groups excluding carboxylic acids is 1. The van der Waals surface area contributed by atoms with Gasteiger partial charge in [-0.1, -0.05) is 6.07 Å². The molecule has 0 unspecified atom stereocenters. The van der Waals surface area contributed by atoms with E-state index in [-0.39, 0.29) is 34.1 Å². The summed E-state index contributed by atoms with van der Waals surface area (Å²) in [5, 5.41) is 5.37. The second-order valence-corrected chi connectivity index (χ2v) is 8.27. The van der Waals surface area contributed by atoms with Crippen molar-refractivity contribution in [1.82, 2.24) is 19.9 Å². The summed E-state index contributed by atoms with van der Waals surface area (Å²) < 4.78 is 73.8. The number of rotatable bonds is 5. The normalized spacial score (nSPS) is 17.1. The first-order valence-corrected chi connectivity index (χ1v) is 10.7. The highest BCUT2D eigenvalue weighted by atomic mass is 19.4. The number of likely N-dealkylation sites (N-methyl/N-ethyl adjacent to an activating group) is 1. The Labute approximate surface area is 196 Å². The number of nitrogens with one attached hydrogen (secondary N) is 3. The van der Waals surface area contributed by atoms with Gasteiger partial charge in [-0.15, -0.1) is 0 Å². The number of H-pyrrole nitrogens is 1. The van der Waals surface area contributed by atoms with Gasteiger partial charge in [-0.3, -0.25) is 5.32 Å². The SMILES string of the molecule is COC(=O)Nc1ccc2c(-c3nc(N[C@H]4CCCN(C)C4)ncc3C(F)(F)F)c[nH]c2c1C(F)F. The number of amides is 1. The summed E-state index contributed by atoms with van der Waals surface area (Å²) in [6.07, 6.45) is -5.17. The van der Waals surface area contributed by atoms with Crippen molar-refractivity contribution >= 4 is 28.6 Å². The molecule has 1 aliphatic rings. The van der Waals surface area contributed by atoms with E-state index in [2.05, 4.69) is 35.2 Å². The van der Waals surface area contributed by atoms with Crippen molar-refractivity contribution in [2.45, 2.75) is 31.5 Å². The van der Waals surface area contributed by atoms with Gasteiger partial charge in [-0.05, 0) is 32.5 Å². The Balaban J connectivity index is 1.81. The minimum Gasteiger partial charge on any atom is -0.453 e. The number of alkyl halides is 5. The molecule has 1 amide bonds. The summed E-state index contributed by atoms with van der Waals surface area (Å²) in [6.45, 7) is 1.60. The lowest BCUT2D eigenvalue weighted by atomic mass is 10.0. The van der Waals surface area contributed by atoms with Crippen LogP contribution in [-0.4, -0.2) is 59.2 Å².